The number of methoxy groups -OCH3 is 1. The lowest BCUT2D eigenvalue weighted by Crippen LogP contribution is -2.16. The van der Waals surface area contributed by atoms with E-state index in [1.54, 1.807) is 0 Å². The van der Waals surface area contributed by atoms with Gasteiger partial charge in [0.15, 0.2) is 5.78 Å². The van der Waals surface area contributed by atoms with E-state index in [9.17, 15) is 14.9 Å². The quantitative estimate of drug-likeness (QED) is 0.575. The van der Waals surface area contributed by atoms with Gasteiger partial charge in [0.2, 0.25) is 0 Å². The predicted molar refractivity (Wildman–Crippen MR) is 60.5 cm³/mol. The summed E-state index contributed by atoms with van der Waals surface area (Å²) in [6.45, 7) is -0.318. The second-order valence-electron chi connectivity index (χ2n) is 3.13. The molecule has 0 saturated heterocycles. The third-order valence-corrected chi connectivity index (χ3v) is 2.13. The Kier molecular flexibility index (Phi) is 4.86. The molecule has 17 heavy (non-hydrogen) atoms. The van der Waals surface area contributed by atoms with Crippen molar-refractivity contribution in [3.05, 3.63) is 33.3 Å². The first-order valence-electron chi connectivity index (χ1n) is 4.62. The summed E-state index contributed by atoms with van der Waals surface area (Å²) in [5, 5.41) is 10.7. The molecule has 0 spiro atoms. The van der Waals surface area contributed by atoms with Crippen molar-refractivity contribution >= 4 is 23.1 Å². The molecule has 0 amide bonds. The number of hydrogen-bond donors (Lipinski definition) is 0. The summed E-state index contributed by atoms with van der Waals surface area (Å²) in [5.74, 6) is -0.180. The van der Waals surface area contributed by atoms with Gasteiger partial charge in [-0.3, -0.25) is 14.9 Å². The largest absolute Gasteiger partial charge is 0.484 e. The highest BCUT2D eigenvalue weighted by Crippen LogP contribution is 2.28. The van der Waals surface area contributed by atoms with E-state index in [1.807, 2.05) is 0 Å². The number of Topliss-reactive ketones (excluding diaryl/α,β-unsaturated/α-hetero) is 1. The van der Waals surface area contributed by atoms with Crippen LogP contribution in [0.4, 0.5) is 5.69 Å². The van der Waals surface area contributed by atoms with Gasteiger partial charge >= 0.3 is 0 Å². The molecule has 0 aromatic heterocycles. The van der Waals surface area contributed by atoms with Crippen LogP contribution in [0.2, 0.25) is 5.02 Å². The number of halogens is 1. The van der Waals surface area contributed by atoms with E-state index in [-0.39, 0.29) is 35.5 Å². The molecule has 0 bridgehead atoms. The summed E-state index contributed by atoms with van der Waals surface area (Å²) in [4.78, 5) is 21.1. The minimum absolute atomic E-state index is 0.0768. The van der Waals surface area contributed by atoms with Gasteiger partial charge in [-0.1, -0.05) is 11.6 Å². The van der Waals surface area contributed by atoms with Crippen molar-refractivity contribution in [3.63, 3.8) is 0 Å². The third-order valence-electron chi connectivity index (χ3n) is 1.82. The molecule has 1 aromatic carbocycles. The summed E-state index contributed by atoms with van der Waals surface area (Å²) in [5.41, 5.74) is -0.149. The fourth-order valence-corrected chi connectivity index (χ4v) is 1.25. The number of nitrogens with zero attached hydrogens (tertiary/aromatic N) is 1. The van der Waals surface area contributed by atoms with Crippen molar-refractivity contribution < 1.29 is 19.2 Å². The Morgan fingerprint density at radius 1 is 1.47 bits per heavy atom. The average molecular weight is 260 g/mol. The average Bonchev–Trinajstić information content (AvgIpc) is 2.28. The number of hydrogen-bond acceptors (Lipinski definition) is 5. The van der Waals surface area contributed by atoms with Gasteiger partial charge in [-0.05, 0) is 6.07 Å². The second-order valence-corrected chi connectivity index (χ2v) is 3.54. The first kappa shape index (κ1) is 13.4. The van der Waals surface area contributed by atoms with Crippen LogP contribution in [0.3, 0.4) is 0 Å². The molecular formula is C10H10ClNO5. The zero-order valence-corrected chi connectivity index (χ0v) is 9.77. The number of carbonyl (C=O) groups excluding carboxylic acids is 1. The minimum Gasteiger partial charge on any atom is -0.484 e. The highest BCUT2D eigenvalue weighted by molar-refractivity contribution is 6.32. The molecule has 1 aromatic rings. The molecular weight excluding hydrogens is 250 g/mol. The summed E-state index contributed by atoms with van der Waals surface area (Å²) in [6, 6.07) is 3.77. The SMILES string of the molecule is COCC(=O)COc1cc([N+](=O)[O-])ccc1Cl. The molecule has 0 radical (unpaired) electrons. The molecule has 6 nitrogen and oxygen atoms in total. The zero-order chi connectivity index (χ0) is 12.8. The maximum atomic E-state index is 11.1. The molecule has 0 aliphatic carbocycles. The minimum atomic E-state index is -0.569. The maximum Gasteiger partial charge on any atom is 0.273 e. The first-order chi connectivity index (χ1) is 8.04. The maximum absolute atomic E-state index is 11.1. The van der Waals surface area contributed by atoms with Crippen LogP contribution in [-0.4, -0.2) is 31.0 Å². The van der Waals surface area contributed by atoms with E-state index in [0.717, 1.165) is 0 Å². The molecule has 0 N–H and O–H groups in total. The van der Waals surface area contributed by atoms with E-state index in [2.05, 4.69) is 4.74 Å². The van der Waals surface area contributed by atoms with Gasteiger partial charge in [0.1, 0.15) is 19.0 Å². The van der Waals surface area contributed by atoms with Crippen molar-refractivity contribution in [3.8, 4) is 5.75 Å². The van der Waals surface area contributed by atoms with Crippen LogP contribution in [-0.2, 0) is 9.53 Å². The van der Waals surface area contributed by atoms with Crippen LogP contribution in [0.5, 0.6) is 5.75 Å². The monoisotopic (exact) mass is 259 g/mol. The van der Waals surface area contributed by atoms with Gasteiger partial charge in [-0.25, -0.2) is 0 Å². The third kappa shape index (κ3) is 4.01. The summed E-state index contributed by atoms with van der Waals surface area (Å²) >= 11 is 5.77. The van der Waals surface area contributed by atoms with Crippen LogP contribution < -0.4 is 4.74 Å². The van der Waals surface area contributed by atoms with E-state index in [0.29, 0.717) is 0 Å². The molecule has 0 fully saturated rings. The molecule has 0 saturated carbocycles. The highest BCUT2D eigenvalue weighted by Gasteiger charge is 2.12. The van der Waals surface area contributed by atoms with Crippen molar-refractivity contribution in [1.82, 2.24) is 0 Å². The molecule has 92 valence electrons. The van der Waals surface area contributed by atoms with Crippen molar-refractivity contribution in [2.45, 2.75) is 0 Å². The normalized spacial score (nSPS) is 10.0. The second kappa shape index (κ2) is 6.17. The zero-order valence-electron chi connectivity index (χ0n) is 9.01. The number of non-ortho nitro benzene ring substituents is 1. The predicted octanol–water partition coefficient (Wildman–Crippen LogP) is 1.84. The lowest BCUT2D eigenvalue weighted by atomic mass is 10.3. The van der Waals surface area contributed by atoms with Crippen molar-refractivity contribution in [1.29, 1.82) is 0 Å². The van der Waals surface area contributed by atoms with Gasteiger partial charge in [0.25, 0.3) is 5.69 Å². The molecule has 7 heteroatoms. The molecule has 0 aliphatic rings. The Labute approximate surface area is 102 Å². The first-order valence-corrected chi connectivity index (χ1v) is 4.99. The molecule has 0 atom stereocenters. The highest BCUT2D eigenvalue weighted by atomic mass is 35.5. The lowest BCUT2D eigenvalue weighted by molar-refractivity contribution is -0.384. The van der Waals surface area contributed by atoms with E-state index in [1.165, 1.54) is 25.3 Å². The number of rotatable bonds is 6. The van der Waals surface area contributed by atoms with Crippen LogP contribution in [0.25, 0.3) is 0 Å². The molecule has 0 heterocycles. The van der Waals surface area contributed by atoms with Crippen LogP contribution >= 0.6 is 11.6 Å². The standard InChI is InChI=1S/C10H10ClNO5/c1-16-5-8(13)6-17-10-4-7(12(14)15)2-3-9(10)11/h2-4H,5-6H2,1H3. The number of benzene rings is 1. The van der Waals surface area contributed by atoms with E-state index >= 15 is 0 Å². The fraction of sp³-hybridized carbons (Fsp3) is 0.300. The number of ketones is 1. The lowest BCUT2D eigenvalue weighted by Gasteiger charge is -2.06. The van der Waals surface area contributed by atoms with Gasteiger partial charge in [-0.2, -0.15) is 0 Å². The number of carbonyl (C=O) groups is 1. The Hall–Kier alpha value is -1.66. The van der Waals surface area contributed by atoms with Crippen LogP contribution in [0.1, 0.15) is 0 Å². The fourth-order valence-electron chi connectivity index (χ4n) is 1.08. The Morgan fingerprint density at radius 2 is 2.18 bits per heavy atom. The van der Waals surface area contributed by atoms with Gasteiger partial charge in [0.05, 0.1) is 16.0 Å². The van der Waals surface area contributed by atoms with Crippen molar-refractivity contribution in [2.24, 2.45) is 0 Å². The van der Waals surface area contributed by atoms with Gasteiger partial charge < -0.3 is 9.47 Å². The molecule has 0 aliphatic heterocycles. The Morgan fingerprint density at radius 3 is 2.76 bits per heavy atom. The van der Waals surface area contributed by atoms with Gasteiger partial charge in [0, 0.05) is 13.2 Å². The van der Waals surface area contributed by atoms with Crippen LogP contribution in [0, 0.1) is 10.1 Å². The van der Waals surface area contributed by atoms with Crippen LogP contribution in [0.15, 0.2) is 18.2 Å². The smallest absolute Gasteiger partial charge is 0.273 e. The summed E-state index contributed by atoms with van der Waals surface area (Å²) < 4.78 is 9.69. The molecule has 1 rings (SSSR count). The van der Waals surface area contributed by atoms with Crippen molar-refractivity contribution in [2.75, 3.05) is 20.3 Å². The van der Waals surface area contributed by atoms with Gasteiger partial charge in [-0.15, -0.1) is 0 Å². The summed E-state index contributed by atoms with van der Waals surface area (Å²) in [6.07, 6.45) is 0. The number of nitro benzene ring substituents is 1. The van der Waals surface area contributed by atoms with E-state index in [4.69, 9.17) is 16.3 Å². The Bertz CT molecular complexity index is 435. The van der Waals surface area contributed by atoms with E-state index < -0.39 is 4.92 Å². The number of nitro groups is 1. The molecule has 0 unspecified atom stereocenters. The summed E-state index contributed by atoms with van der Waals surface area (Å²) in [7, 11) is 1.39. The Balaban J connectivity index is 2.73. The topological polar surface area (TPSA) is 78.7 Å². The number of ether oxygens (including phenoxy) is 2.